The van der Waals surface area contributed by atoms with Gasteiger partial charge in [-0.2, -0.15) is 0 Å². The zero-order valence-electron chi connectivity index (χ0n) is 9.82. The van der Waals surface area contributed by atoms with Crippen molar-refractivity contribution in [1.82, 2.24) is 5.32 Å². The lowest BCUT2D eigenvalue weighted by molar-refractivity contribution is 0.365. The molecule has 1 heterocycles. The maximum atomic E-state index is 3.71. The second kappa shape index (κ2) is 4.89. The number of hydrogen-bond donors (Lipinski definition) is 1. The molecule has 0 bridgehead atoms. The predicted molar refractivity (Wildman–Crippen MR) is 69.9 cm³/mol. The van der Waals surface area contributed by atoms with Crippen molar-refractivity contribution < 1.29 is 0 Å². The number of thiophene rings is 1. The van der Waals surface area contributed by atoms with Crippen molar-refractivity contribution in [2.45, 2.75) is 44.6 Å². The molecule has 0 aromatic carbocycles. The molecule has 3 rings (SSSR count). The zero-order valence-corrected chi connectivity index (χ0v) is 10.6. The van der Waals surface area contributed by atoms with E-state index in [4.69, 9.17) is 0 Å². The molecule has 1 aromatic heterocycles. The SMILES string of the molecule is c1csc(CC2CCCC2CNC2CC2)c1. The summed E-state index contributed by atoms with van der Waals surface area (Å²) in [4.78, 5) is 1.59. The molecule has 1 N–H and O–H groups in total. The first-order valence-corrected chi connectivity index (χ1v) is 7.55. The Morgan fingerprint density at radius 1 is 1.19 bits per heavy atom. The summed E-state index contributed by atoms with van der Waals surface area (Å²) >= 11 is 1.93. The van der Waals surface area contributed by atoms with Crippen LogP contribution in [0.5, 0.6) is 0 Å². The first kappa shape index (κ1) is 10.8. The van der Waals surface area contributed by atoms with E-state index < -0.39 is 0 Å². The van der Waals surface area contributed by atoms with Crippen LogP contribution in [0.1, 0.15) is 37.0 Å². The van der Waals surface area contributed by atoms with Crippen LogP contribution in [0, 0.1) is 11.8 Å². The molecule has 2 atom stereocenters. The number of nitrogens with one attached hydrogen (secondary N) is 1. The van der Waals surface area contributed by atoms with Gasteiger partial charge in [-0.05, 0) is 61.9 Å². The van der Waals surface area contributed by atoms with E-state index in [0.29, 0.717) is 0 Å². The molecular weight excluding hydrogens is 214 g/mol. The Labute approximate surface area is 102 Å². The molecule has 1 nitrogen and oxygen atoms in total. The zero-order chi connectivity index (χ0) is 10.8. The van der Waals surface area contributed by atoms with Gasteiger partial charge in [0.1, 0.15) is 0 Å². The van der Waals surface area contributed by atoms with Crippen LogP contribution in [0.25, 0.3) is 0 Å². The van der Waals surface area contributed by atoms with Crippen molar-refractivity contribution in [3.05, 3.63) is 22.4 Å². The van der Waals surface area contributed by atoms with Gasteiger partial charge in [0.25, 0.3) is 0 Å². The minimum atomic E-state index is 0.878. The van der Waals surface area contributed by atoms with Crippen molar-refractivity contribution in [2.24, 2.45) is 11.8 Å². The van der Waals surface area contributed by atoms with Crippen LogP contribution in [-0.2, 0) is 6.42 Å². The second-order valence-corrected chi connectivity index (χ2v) is 6.45. The van der Waals surface area contributed by atoms with Gasteiger partial charge in [-0.1, -0.05) is 12.5 Å². The van der Waals surface area contributed by atoms with Crippen LogP contribution in [0.3, 0.4) is 0 Å². The van der Waals surface area contributed by atoms with Crippen LogP contribution in [0.4, 0.5) is 0 Å². The largest absolute Gasteiger partial charge is 0.314 e. The van der Waals surface area contributed by atoms with Gasteiger partial charge >= 0.3 is 0 Å². The van der Waals surface area contributed by atoms with Crippen LogP contribution >= 0.6 is 11.3 Å². The summed E-state index contributed by atoms with van der Waals surface area (Å²) in [6, 6.07) is 5.36. The lowest BCUT2D eigenvalue weighted by Gasteiger charge is -2.19. The summed E-state index contributed by atoms with van der Waals surface area (Å²) in [5, 5.41) is 5.92. The first-order chi connectivity index (χ1) is 7.92. The summed E-state index contributed by atoms with van der Waals surface area (Å²) in [5.74, 6) is 1.90. The van der Waals surface area contributed by atoms with Crippen molar-refractivity contribution in [2.75, 3.05) is 6.54 Å². The topological polar surface area (TPSA) is 12.0 Å². The highest BCUT2D eigenvalue weighted by atomic mass is 32.1. The monoisotopic (exact) mass is 235 g/mol. The standard InChI is InChI=1S/C14H21NS/c1-3-11(9-14-5-2-8-16-14)12(4-1)10-15-13-6-7-13/h2,5,8,11-13,15H,1,3-4,6-7,9-10H2. The third-order valence-corrected chi connectivity index (χ3v) is 5.00. The second-order valence-electron chi connectivity index (χ2n) is 5.42. The van der Waals surface area contributed by atoms with E-state index in [-0.39, 0.29) is 0 Å². The molecule has 2 fully saturated rings. The third kappa shape index (κ3) is 2.67. The number of hydrogen-bond acceptors (Lipinski definition) is 2. The molecule has 2 saturated carbocycles. The molecule has 2 aliphatic rings. The minimum absolute atomic E-state index is 0.878. The number of rotatable bonds is 5. The first-order valence-electron chi connectivity index (χ1n) is 6.67. The molecule has 2 unspecified atom stereocenters. The highest BCUT2D eigenvalue weighted by molar-refractivity contribution is 7.09. The maximum Gasteiger partial charge on any atom is 0.00683 e. The van der Waals surface area contributed by atoms with Gasteiger partial charge < -0.3 is 5.32 Å². The smallest absolute Gasteiger partial charge is 0.00683 e. The molecule has 0 saturated heterocycles. The summed E-state index contributed by atoms with van der Waals surface area (Å²) in [6.45, 7) is 1.28. The molecular formula is C14H21NS. The molecule has 1 aromatic rings. The molecule has 88 valence electrons. The Bertz CT molecular complexity index is 315. The van der Waals surface area contributed by atoms with Gasteiger partial charge in [0, 0.05) is 10.9 Å². The lowest BCUT2D eigenvalue weighted by Crippen LogP contribution is -2.27. The van der Waals surface area contributed by atoms with Gasteiger partial charge in [0.2, 0.25) is 0 Å². The van der Waals surface area contributed by atoms with Crippen LogP contribution in [0.2, 0.25) is 0 Å². The van der Waals surface area contributed by atoms with Gasteiger partial charge in [-0.3, -0.25) is 0 Å². The van der Waals surface area contributed by atoms with E-state index in [1.54, 1.807) is 4.88 Å². The van der Waals surface area contributed by atoms with E-state index >= 15 is 0 Å². The van der Waals surface area contributed by atoms with E-state index in [0.717, 1.165) is 17.9 Å². The summed E-state index contributed by atoms with van der Waals surface area (Å²) in [5.41, 5.74) is 0. The predicted octanol–water partition coefficient (Wildman–Crippen LogP) is 3.46. The quantitative estimate of drug-likeness (QED) is 0.824. The molecule has 0 amide bonds. The Balaban J connectivity index is 1.51. The third-order valence-electron chi connectivity index (χ3n) is 4.11. The van der Waals surface area contributed by atoms with Crippen LogP contribution in [0.15, 0.2) is 17.5 Å². The summed E-state index contributed by atoms with van der Waals surface area (Å²) in [7, 11) is 0. The molecule has 16 heavy (non-hydrogen) atoms. The highest BCUT2D eigenvalue weighted by Crippen LogP contribution is 2.35. The van der Waals surface area contributed by atoms with Gasteiger partial charge in [0.15, 0.2) is 0 Å². The molecule has 2 heteroatoms. The van der Waals surface area contributed by atoms with Gasteiger partial charge in [-0.15, -0.1) is 11.3 Å². The normalized spacial score (nSPS) is 29.8. The highest BCUT2D eigenvalue weighted by Gasteiger charge is 2.29. The fraction of sp³-hybridized carbons (Fsp3) is 0.714. The van der Waals surface area contributed by atoms with Gasteiger partial charge in [-0.25, -0.2) is 0 Å². The van der Waals surface area contributed by atoms with Crippen LogP contribution in [-0.4, -0.2) is 12.6 Å². The Kier molecular flexibility index (Phi) is 3.30. The van der Waals surface area contributed by atoms with E-state index in [1.165, 1.54) is 45.1 Å². The summed E-state index contributed by atoms with van der Waals surface area (Å²) < 4.78 is 0. The van der Waals surface area contributed by atoms with E-state index in [9.17, 15) is 0 Å². The fourth-order valence-electron chi connectivity index (χ4n) is 2.94. The van der Waals surface area contributed by atoms with E-state index in [2.05, 4.69) is 22.8 Å². The lowest BCUT2D eigenvalue weighted by atomic mass is 9.92. The van der Waals surface area contributed by atoms with Crippen LogP contribution < -0.4 is 5.32 Å². The van der Waals surface area contributed by atoms with Crippen molar-refractivity contribution in [3.63, 3.8) is 0 Å². The molecule has 0 aliphatic heterocycles. The molecule has 0 spiro atoms. The van der Waals surface area contributed by atoms with E-state index in [1.807, 2.05) is 11.3 Å². The maximum absolute atomic E-state index is 3.71. The van der Waals surface area contributed by atoms with Gasteiger partial charge in [0.05, 0.1) is 0 Å². The Morgan fingerprint density at radius 2 is 2.06 bits per heavy atom. The average Bonchev–Trinajstić information content (AvgIpc) is 2.79. The van der Waals surface area contributed by atoms with Crippen molar-refractivity contribution in [1.29, 1.82) is 0 Å². The fourth-order valence-corrected chi connectivity index (χ4v) is 3.74. The molecule has 0 radical (unpaired) electrons. The Hall–Kier alpha value is -0.340. The average molecular weight is 235 g/mol. The minimum Gasteiger partial charge on any atom is -0.314 e. The Morgan fingerprint density at radius 3 is 2.81 bits per heavy atom. The molecule has 2 aliphatic carbocycles. The summed E-state index contributed by atoms with van der Waals surface area (Å²) in [6.07, 6.45) is 8.52. The van der Waals surface area contributed by atoms with Crippen molar-refractivity contribution in [3.8, 4) is 0 Å². The van der Waals surface area contributed by atoms with Crippen molar-refractivity contribution >= 4 is 11.3 Å².